The van der Waals surface area contributed by atoms with Crippen molar-refractivity contribution in [2.24, 2.45) is 5.41 Å². The van der Waals surface area contributed by atoms with Crippen molar-refractivity contribution in [2.75, 3.05) is 60.8 Å². The average molecular weight is 506 g/mol. The third-order valence-corrected chi connectivity index (χ3v) is 4.40. The maximum absolute atomic E-state index is 10.2. The van der Waals surface area contributed by atoms with Crippen molar-refractivity contribution in [1.29, 1.82) is 0 Å². The van der Waals surface area contributed by atoms with E-state index in [2.05, 4.69) is 44.9 Å². The molecule has 19 nitrogen and oxygen atoms in total. The molecule has 13 N–H and O–H groups in total. The number of hydrogen-bond donors (Lipinski definition) is 7. The fraction of sp³-hybridized carbons (Fsp3) is 0.471. The van der Waals surface area contributed by atoms with E-state index in [4.69, 9.17) is 48.6 Å². The summed E-state index contributed by atoms with van der Waals surface area (Å²) in [4.78, 5) is 34.8. The van der Waals surface area contributed by atoms with Gasteiger partial charge in [-0.1, -0.05) is 0 Å². The van der Waals surface area contributed by atoms with E-state index >= 15 is 0 Å². The van der Waals surface area contributed by atoms with Crippen LogP contribution in [0.25, 0.3) is 0 Å². The van der Waals surface area contributed by atoms with Crippen LogP contribution in [0.3, 0.4) is 0 Å². The SMILES string of the molecule is Nc1nc(N)nc(COCC(CO)(COCc2nc(N)nc(N)n2)COCc2nc(N)nc(N)n2)n1. The Morgan fingerprint density at radius 2 is 0.722 bits per heavy atom. The molecule has 0 saturated heterocycles. The third-order valence-electron chi connectivity index (χ3n) is 4.40. The lowest BCUT2D eigenvalue weighted by atomic mass is 9.92. The van der Waals surface area contributed by atoms with Gasteiger partial charge in [-0.25, -0.2) is 0 Å². The number of nitrogen functional groups attached to an aromatic ring is 6. The van der Waals surface area contributed by atoms with Crippen LogP contribution in [-0.2, 0) is 34.0 Å². The van der Waals surface area contributed by atoms with Gasteiger partial charge in [-0.2, -0.15) is 44.9 Å². The summed E-state index contributed by atoms with van der Waals surface area (Å²) < 4.78 is 17.2. The van der Waals surface area contributed by atoms with E-state index in [0.29, 0.717) is 0 Å². The Balaban J connectivity index is 1.66. The van der Waals surface area contributed by atoms with Gasteiger partial charge in [-0.3, -0.25) is 0 Å². The Hall–Kier alpha value is -4.33. The largest absolute Gasteiger partial charge is 0.396 e. The molecule has 0 radical (unpaired) electrons. The number of aliphatic hydroxyl groups excluding tert-OH is 1. The van der Waals surface area contributed by atoms with Crippen molar-refractivity contribution in [3.05, 3.63) is 17.5 Å². The van der Waals surface area contributed by atoms with Crippen molar-refractivity contribution in [3.8, 4) is 0 Å². The lowest BCUT2D eigenvalue weighted by molar-refractivity contribution is -0.104. The van der Waals surface area contributed by atoms with Crippen molar-refractivity contribution in [3.63, 3.8) is 0 Å². The number of rotatable bonds is 13. The molecule has 36 heavy (non-hydrogen) atoms. The molecular weight excluding hydrogens is 478 g/mol. The van der Waals surface area contributed by atoms with Gasteiger partial charge in [0.2, 0.25) is 35.7 Å². The van der Waals surface area contributed by atoms with Crippen molar-refractivity contribution in [1.82, 2.24) is 44.9 Å². The molecule has 0 spiro atoms. The van der Waals surface area contributed by atoms with Crippen LogP contribution in [0.2, 0.25) is 0 Å². The molecule has 0 fully saturated rings. The normalized spacial score (nSPS) is 11.6. The lowest BCUT2D eigenvalue weighted by Crippen LogP contribution is -2.41. The molecule has 194 valence electrons. The van der Waals surface area contributed by atoms with Crippen molar-refractivity contribution < 1.29 is 19.3 Å². The lowest BCUT2D eigenvalue weighted by Gasteiger charge is -2.31. The van der Waals surface area contributed by atoms with Gasteiger partial charge in [0.05, 0.1) is 31.8 Å². The van der Waals surface area contributed by atoms with E-state index in [1.54, 1.807) is 0 Å². The van der Waals surface area contributed by atoms with Gasteiger partial charge >= 0.3 is 0 Å². The van der Waals surface area contributed by atoms with Crippen LogP contribution in [0.4, 0.5) is 35.7 Å². The molecule has 0 aliphatic carbocycles. The number of nitrogens with zero attached hydrogens (tertiary/aromatic N) is 9. The predicted molar refractivity (Wildman–Crippen MR) is 124 cm³/mol. The average Bonchev–Trinajstić information content (AvgIpc) is 2.77. The Bertz CT molecular complexity index is 967. The fourth-order valence-electron chi connectivity index (χ4n) is 2.90. The van der Waals surface area contributed by atoms with E-state index in [1.807, 2.05) is 0 Å². The highest BCUT2D eigenvalue weighted by Gasteiger charge is 2.32. The first-order valence-electron chi connectivity index (χ1n) is 10.3. The summed E-state index contributed by atoms with van der Waals surface area (Å²) in [6.07, 6.45) is 0. The number of anilines is 6. The minimum Gasteiger partial charge on any atom is -0.396 e. The van der Waals surface area contributed by atoms with E-state index < -0.39 is 12.0 Å². The summed E-state index contributed by atoms with van der Waals surface area (Å²) >= 11 is 0. The smallest absolute Gasteiger partial charge is 0.225 e. The highest BCUT2D eigenvalue weighted by molar-refractivity contribution is 5.27. The second-order valence-electron chi connectivity index (χ2n) is 7.54. The molecular formula is C17H27N15O4. The van der Waals surface area contributed by atoms with Gasteiger partial charge in [0, 0.05) is 0 Å². The topological polar surface area (TPSA) is 320 Å². The predicted octanol–water partition coefficient (Wildman–Crippen LogP) is -3.34. The first-order valence-corrected chi connectivity index (χ1v) is 10.3. The zero-order valence-electron chi connectivity index (χ0n) is 19.1. The van der Waals surface area contributed by atoms with E-state index in [-0.39, 0.29) is 92.8 Å². The van der Waals surface area contributed by atoms with Crippen LogP contribution >= 0.6 is 0 Å². The van der Waals surface area contributed by atoms with Crippen molar-refractivity contribution in [2.45, 2.75) is 19.8 Å². The molecule has 3 heterocycles. The standard InChI is InChI=1S/C17H27N15O4/c18-11-24-8(25-12(19)30-11)1-34-5-17(4-33,6-35-2-9-26-13(20)31-14(21)27-9)7-36-3-10-28-15(22)32-16(23)29-10/h33H,1-7H2,(H4,18,19,24,25,30)(H4,20,21,26,27,31)(H4,22,23,28,29,32). The molecule has 0 saturated carbocycles. The third kappa shape index (κ3) is 7.87. The summed E-state index contributed by atoms with van der Waals surface area (Å²) in [6, 6.07) is 0. The highest BCUT2D eigenvalue weighted by Crippen LogP contribution is 2.21. The van der Waals surface area contributed by atoms with Crippen LogP contribution in [-0.4, -0.2) is 76.4 Å². The Kier molecular flexibility index (Phi) is 8.67. The van der Waals surface area contributed by atoms with Gasteiger partial charge in [-0.15, -0.1) is 0 Å². The molecule has 0 aromatic carbocycles. The molecule has 19 heteroatoms. The monoisotopic (exact) mass is 505 g/mol. The number of aliphatic hydroxyl groups is 1. The van der Waals surface area contributed by atoms with Crippen molar-refractivity contribution >= 4 is 35.7 Å². The number of ether oxygens (including phenoxy) is 3. The minimum absolute atomic E-state index is 0.0437. The van der Waals surface area contributed by atoms with Crippen LogP contribution in [0.1, 0.15) is 17.5 Å². The van der Waals surface area contributed by atoms with Crippen LogP contribution in [0, 0.1) is 5.41 Å². The Labute approximate surface area is 204 Å². The fourth-order valence-corrected chi connectivity index (χ4v) is 2.90. The summed E-state index contributed by atoms with van der Waals surface area (Å²) in [5.41, 5.74) is 32.4. The van der Waals surface area contributed by atoms with Crippen LogP contribution in [0.5, 0.6) is 0 Å². The second kappa shape index (κ2) is 11.9. The molecule has 0 atom stereocenters. The molecule has 3 rings (SSSR count). The Morgan fingerprint density at radius 3 is 0.944 bits per heavy atom. The van der Waals surface area contributed by atoms with Gasteiger partial charge in [0.25, 0.3) is 0 Å². The second-order valence-corrected chi connectivity index (χ2v) is 7.54. The van der Waals surface area contributed by atoms with Crippen LogP contribution in [0.15, 0.2) is 0 Å². The summed E-state index contributed by atoms with van der Waals surface area (Å²) in [5, 5.41) is 10.2. The van der Waals surface area contributed by atoms with Gasteiger partial charge in [0.15, 0.2) is 17.5 Å². The highest BCUT2D eigenvalue weighted by atomic mass is 16.5. The first kappa shape index (κ1) is 26.3. The van der Waals surface area contributed by atoms with Gasteiger partial charge in [-0.05, 0) is 0 Å². The molecule has 3 aromatic rings. The molecule has 0 bridgehead atoms. The Morgan fingerprint density at radius 1 is 0.472 bits per heavy atom. The molecule has 0 amide bonds. The molecule has 0 aliphatic rings. The quantitative estimate of drug-likeness (QED) is 0.119. The summed E-state index contributed by atoms with van der Waals surface area (Å²) in [5.74, 6) is 0.339. The molecule has 0 unspecified atom stereocenters. The van der Waals surface area contributed by atoms with Gasteiger partial charge < -0.3 is 53.7 Å². The summed E-state index contributed by atoms with van der Waals surface area (Å²) in [6.45, 7) is -0.732. The van der Waals surface area contributed by atoms with E-state index in [1.165, 1.54) is 0 Å². The number of aromatic nitrogens is 9. The number of nitrogens with two attached hydrogens (primary N) is 6. The summed E-state index contributed by atoms with van der Waals surface area (Å²) in [7, 11) is 0. The van der Waals surface area contributed by atoms with E-state index in [9.17, 15) is 5.11 Å². The number of hydrogen-bond acceptors (Lipinski definition) is 19. The molecule has 3 aromatic heterocycles. The minimum atomic E-state index is -1.06. The molecule has 0 aliphatic heterocycles. The zero-order chi connectivity index (χ0) is 26.1. The maximum Gasteiger partial charge on any atom is 0.225 e. The first-order chi connectivity index (χ1) is 17.2. The maximum atomic E-state index is 10.2. The zero-order valence-corrected chi connectivity index (χ0v) is 19.1. The van der Waals surface area contributed by atoms with Crippen LogP contribution < -0.4 is 34.4 Å². The van der Waals surface area contributed by atoms with E-state index in [0.717, 1.165) is 0 Å². The van der Waals surface area contributed by atoms with Gasteiger partial charge in [0.1, 0.15) is 19.8 Å².